The lowest BCUT2D eigenvalue weighted by atomic mass is 10.2. The van der Waals surface area contributed by atoms with Crippen LogP contribution < -0.4 is 0 Å². The minimum Gasteiger partial charge on any atom is -0.457 e. The molecular formula is C6H10O+. The largest absolute Gasteiger partial charge is 0.457 e. The standard InChI is InChI=1S/C6H10O/c1-5-7-6(2,3)4/h5H,1-3H2,4H3/q+1. The molecule has 0 aliphatic carbocycles. The first-order valence-corrected chi connectivity index (χ1v) is 2.06. The van der Waals surface area contributed by atoms with Crippen LogP contribution in [0.15, 0.2) is 12.8 Å². The summed E-state index contributed by atoms with van der Waals surface area (Å²) in [5.74, 6) is 0. The van der Waals surface area contributed by atoms with Crippen molar-refractivity contribution < 1.29 is 4.74 Å². The van der Waals surface area contributed by atoms with Crippen molar-refractivity contribution in [3.8, 4) is 0 Å². The molecule has 7 heavy (non-hydrogen) atoms. The number of hydrogen-bond acceptors (Lipinski definition) is 1. The molecule has 0 saturated carbocycles. The van der Waals surface area contributed by atoms with Crippen molar-refractivity contribution in [2.75, 3.05) is 0 Å². The summed E-state index contributed by atoms with van der Waals surface area (Å²) in [6, 6.07) is 0. The molecule has 0 bridgehead atoms. The van der Waals surface area contributed by atoms with Gasteiger partial charge in [0.15, 0.2) is 0 Å². The molecule has 0 atom stereocenters. The SMILES string of the molecule is [CH2]C([CH2+])(C)OC=C. The van der Waals surface area contributed by atoms with E-state index in [0.29, 0.717) is 0 Å². The molecule has 0 unspecified atom stereocenters. The van der Waals surface area contributed by atoms with Gasteiger partial charge in [-0.3, -0.25) is 0 Å². The molecule has 1 heteroatoms. The highest BCUT2D eigenvalue weighted by Crippen LogP contribution is 2.03. The molecule has 1 nitrogen and oxygen atoms in total. The first-order valence-electron chi connectivity index (χ1n) is 2.06. The third-order valence-corrected chi connectivity index (χ3v) is 0.368. The summed E-state index contributed by atoms with van der Waals surface area (Å²) in [7, 11) is 0. The Kier molecular flexibility index (Phi) is 1.75. The van der Waals surface area contributed by atoms with Gasteiger partial charge in [0.2, 0.25) is 5.60 Å². The van der Waals surface area contributed by atoms with Crippen LogP contribution >= 0.6 is 0 Å². The Morgan fingerprint density at radius 3 is 2.29 bits per heavy atom. The lowest BCUT2D eigenvalue weighted by molar-refractivity contribution is 0.128. The highest BCUT2D eigenvalue weighted by Gasteiger charge is 2.16. The molecule has 0 spiro atoms. The van der Waals surface area contributed by atoms with Gasteiger partial charge in [0, 0.05) is 13.8 Å². The third kappa shape index (κ3) is 5.41. The predicted octanol–water partition coefficient (Wildman–Crippen LogP) is 1.57. The number of hydrogen-bond donors (Lipinski definition) is 0. The molecule has 0 saturated heterocycles. The normalized spacial score (nSPS) is 10.6. The van der Waals surface area contributed by atoms with Crippen LogP contribution in [0.3, 0.4) is 0 Å². The molecule has 0 N–H and O–H groups in total. The fourth-order valence-corrected chi connectivity index (χ4v) is 0.201. The fourth-order valence-electron chi connectivity index (χ4n) is 0.201. The Labute approximate surface area is 45.0 Å². The summed E-state index contributed by atoms with van der Waals surface area (Å²) >= 11 is 0. The summed E-state index contributed by atoms with van der Waals surface area (Å²) in [5, 5.41) is 0. The maximum Gasteiger partial charge on any atom is 0.239 e. The molecule has 0 rings (SSSR count). The quantitative estimate of drug-likeness (QED) is 0.376. The lowest BCUT2D eigenvalue weighted by Crippen LogP contribution is -2.15. The van der Waals surface area contributed by atoms with Crippen LogP contribution in [0.1, 0.15) is 6.92 Å². The van der Waals surface area contributed by atoms with Crippen molar-refractivity contribution >= 4 is 0 Å². The number of ether oxygens (including phenoxy) is 1. The second-order valence-corrected chi connectivity index (χ2v) is 1.73. The molecule has 0 aromatic carbocycles. The van der Waals surface area contributed by atoms with Gasteiger partial charge in [-0.25, -0.2) is 0 Å². The van der Waals surface area contributed by atoms with E-state index in [1.807, 2.05) is 0 Å². The highest BCUT2D eigenvalue weighted by molar-refractivity contribution is 4.82. The van der Waals surface area contributed by atoms with Crippen molar-refractivity contribution in [2.24, 2.45) is 0 Å². The van der Waals surface area contributed by atoms with E-state index in [2.05, 4.69) is 20.4 Å². The molecule has 39 valence electrons. The minimum atomic E-state index is -0.568. The van der Waals surface area contributed by atoms with Crippen molar-refractivity contribution in [1.82, 2.24) is 0 Å². The van der Waals surface area contributed by atoms with E-state index >= 15 is 0 Å². The van der Waals surface area contributed by atoms with Crippen molar-refractivity contribution in [1.29, 1.82) is 0 Å². The average molecular weight is 98.1 g/mol. The van der Waals surface area contributed by atoms with Gasteiger partial charge >= 0.3 is 0 Å². The fraction of sp³-hybridized carbons (Fsp3) is 0.333. The molecule has 1 radical (unpaired) electrons. The van der Waals surface area contributed by atoms with E-state index in [-0.39, 0.29) is 0 Å². The van der Waals surface area contributed by atoms with E-state index < -0.39 is 5.60 Å². The van der Waals surface area contributed by atoms with Gasteiger partial charge in [-0.2, -0.15) is 0 Å². The van der Waals surface area contributed by atoms with Gasteiger partial charge < -0.3 is 4.74 Å². The molecule has 0 aliphatic heterocycles. The first-order chi connectivity index (χ1) is 3.06. The van der Waals surface area contributed by atoms with Gasteiger partial charge in [0.05, 0.1) is 6.26 Å². The molecular weight excluding hydrogens is 88.1 g/mol. The second-order valence-electron chi connectivity index (χ2n) is 1.73. The monoisotopic (exact) mass is 98.1 g/mol. The van der Waals surface area contributed by atoms with Crippen LogP contribution in [0.25, 0.3) is 0 Å². The maximum atomic E-state index is 4.77. The van der Waals surface area contributed by atoms with Gasteiger partial charge in [0.25, 0.3) is 0 Å². The van der Waals surface area contributed by atoms with Crippen molar-refractivity contribution in [3.63, 3.8) is 0 Å². The Morgan fingerprint density at radius 2 is 2.29 bits per heavy atom. The maximum absolute atomic E-state index is 4.77. The second kappa shape index (κ2) is 1.92. The molecule has 0 aromatic rings. The Bertz CT molecular complexity index is 59.1. The van der Waals surface area contributed by atoms with Crippen LogP contribution in [0.2, 0.25) is 0 Å². The van der Waals surface area contributed by atoms with E-state index in [0.717, 1.165) is 0 Å². The third-order valence-electron chi connectivity index (χ3n) is 0.368. The van der Waals surface area contributed by atoms with Crippen LogP contribution in [0, 0.1) is 13.8 Å². The summed E-state index contributed by atoms with van der Waals surface area (Å²) < 4.78 is 4.77. The van der Waals surface area contributed by atoms with Crippen LogP contribution in [0.4, 0.5) is 0 Å². The molecule has 0 heterocycles. The molecule has 0 aromatic heterocycles. The van der Waals surface area contributed by atoms with Gasteiger partial charge in [-0.05, 0) is 0 Å². The first kappa shape index (κ1) is 6.41. The van der Waals surface area contributed by atoms with Crippen LogP contribution in [-0.2, 0) is 4.74 Å². The van der Waals surface area contributed by atoms with E-state index in [4.69, 9.17) is 4.74 Å². The molecule has 0 fully saturated rings. The van der Waals surface area contributed by atoms with E-state index in [1.165, 1.54) is 6.26 Å². The molecule has 0 aliphatic rings. The summed E-state index contributed by atoms with van der Waals surface area (Å²) in [6.45, 7) is 12.2. The van der Waals surface area contributed by atoms with E-state index in [1.54, 1.807) is 6.92 Å². The smallest absolute Gasteiger partial charge is 0.239 e. The topological polar surface area (TPSA) is 9.23 Å². The van der Waals surface area contributed by atoms with Crippen LogP contribution in [-0.4, -0.2) is 5.60 Å². The lowest BCUT2D eigenvalue weighted by Gasteiger charge is -2.08. The minimum absolute atomic E-state index is 0.568. The predicted molar refractivity (Wildman–Crippen MR) is 30.4 cm³/mol. The zero-order valence-electron chi connectivity index (χ0n) is 4.61. The summed E-state index contributed by atoms with van der Waals surface area (Å²) in [6.07, 6.45) is 1.33. The van der Waals surface area contributed by atoms with Crippen molar-refractivity contribution in [2.45, 2.75) is 12.5 Å². The van der Waals surface area contributed by atoms with Crippen LogP contribution in [0.5, 0.6) is 0 Å². The van der Waals surface area contributed by atoms with Crippen molar-refractivity contribution in [3.05, 3.63) is 26.7 Å². The van der Waals surface area contributed by atoms with Gasteiger partial charge in [0.1, 0.15) is 6.92 Å². The highest BCUT2D eigenvalue weighted by atomic mass is 16.5. The Balaban J connectivity index is 3.34. The molecule has 0 amide bonds. The number of rotatable bonds is 2. The summed E-state index contributed by atoms with van der Waals surface area (Å²) in [4.78, 5) is 0. The van der Waals surface area contributed by atoms with Gasteiger partial charge in [-0.1, -0.05) is 6.58 Å². The van der Waals surface area contributed by atoms with E-state index in [9.17, 15) is 0 Å². The zero-order valence-corrected chi connectivity index (χ0v) is 4.61. The van der Waals surface area contributed by atoms with Gasteiger partial charge in [-0.15, -0.1) is 0 Å². The Hall–Kier alpha value is -0.590. The Morgan fingerprint density at radius 1 is 1.86 bits per heavy atom. The summed E-state index contributed by atoms with van der Waals surface area (Å²) in [5.41, 5.74) is -0.568. The average Bonchev–Trinajstić information content (AvgIpc) is 1.30. The zero-order chi connectivity index (χ0) is 5.91.